The smallest absolute Gasteiger partial charge is 0.231 e. The van der Waals surface area contributed by atoms with Crippen molar-refractivity contribution >= 4 is 23.2 Å². The Morgan fingerprint density at radius 2 is 1.74 bits per heavy atom. The summed E-state index contributed by atoms with van der Waals surface area (Å²) in [4.78, 5) is 27.1. The molecule has 5 rings (SSSR count). The highest BCUT2D eigenvalue weighted by atomic mass is 16.7. The summed E-state index contributed by atoms with van der Waals surface area (Å²) >= 11 is 0. The molecule has 1 N–H and O–H groups in total. The molecule has 1 fully saturated rings. The molecule has 3 aromatic rings. The molecule has 2 aliphatic rings. The Kier molecular flexibility index (Phi) is 4.92. The molecule has 1 unspecified atom stereocenters. The first kappa shape index (κ1) is 19.0. The first-order valence-corrected chi connectivity index (χ1v) is 10.0. The molecule has 1 atom stereocenters. The van der Waals surface area contributed by atoms with Crippen molar-refractivity contribution in [2.24, 2.45) is 5.92 Å². The van der Waals surface area contributed by atoms with Crippen molar-refractivity contribution < 1.29 is 23.8 Å². The Morgan fingerprint density at radius 3 is 2.61 bits per heavy atom. The number of carbonyl (C=O) groups is 2. The second-order valence-corrected chi connectivity index (χ2v) is 7.34. The molecule has 2 aliphatic heterocycles. The average molecular weight is 416 g/mol. The van der Waals surface area contributed by atoms with Gasteiger partial charge in [0.25, 0.3) is 0 Å². The zero-order valence-corrected chi connectivity index (χ0v) is 16.6. The van der Waals surface area contributed by atoms with E-state index in [2.05, 4.69) is 5.32 Å². The number of carbonyl (C=O) groups excluding carboxylic acids is 2. The highest BCUT2D eigenvalue weighted by molar-refractivity contribution is 6.04. The standard InChI is InChI=1S/C24H20N2O5/c27-23-12-16(14-26(23)17-10-11-21-22(13-17)30-15-29-21)24(28)25-19-8-4-5-9-20(19)31-18-6-2-1-3-7-18/h1-11,13,16H,12,14-15H2,(H,25,28). The fraction of sp³-hybridized carbons (Fsp3) is 0.167. The lowest BCUT2D eigenvalue weighted by Crippen LogP contribution is -2.28. The maximum Gasteiger partial charge on any atom is 0.231 e. The van der Waals surface area contributed by atoms with E-state index in [0.717, 1.165) is 0 Å². The van der Waals surface area contributed by atoms with Gasteiger partial charge in [-0.3, -0.25) is 9.59 Å². The van der Waals surface area contributed by atoms with E-state index >= 15 is 0 Å². The lowest BCUT2D eigenvalue weighted by Gasteiger charge is -2.17. The zero-order valence-electron chi connectivity index (χ0n) is 16.6. The van der Waals surface area contributed by atoms with Gasteiger partial charge in [-0.2, -0.15) is 0 Å². The molecule has 3 aromatic carbocycles. The molecule has 1 saturated heterocycles. The number of amides is 2. The summed E-state index contributed by atoms with van der Waals surface area (Å²) in [6.45, 7) is 0.467. The van der Waals surface area contributed by atoms with Crippen LogP contribution in [0.4, 0.5) is 11.4 Å². The van der Waals surface area contributed by atoms with Crippen molar-refractivity contribution in [1.29, 1.82) is 0 Å². The largest absolute Gasteiger partial charge is 0.455 e. The Morgan fingerprint density at radius 1 is 0.968 bits per heavy atom. The Bertz CT molecular complexity index is 1130. The molecular weight excluding hydrogens is 396 g/mol. The number of benzene rings is 3. The van der Waals surface area contributed by atoms with E-state index in [1.807, 2.05) is 42.5 Å². The number of hydrogen-bond acceptors (Lipinski definition) is 5. The van der Waals surface area contributed by atoms with Gasteiger partial charge in [0.15, 0.2) is 17.2 Å². The van der Waals surface area contributed by atoms with Gasteiger partial charge in [-0.25, -0.2) is 0 Å². The summed E-state index contributed by atoms with van der Waals surface area (Å²) in [5, 5.41) is 2.92. The molecule has 156 valence electrons. The Balaban J connectivity index is 1.29. The van der Waals surface area contributed by atoms with Crippen LogP contribution in [0.1, 0.15) is 6.42 Å². The summed E-state index contributed by atoms with van der Waals surface area (Å²) in [7, 11) is 0. The first-order valence-electron chi connectivity index (χ1n) is 10.0. The van der Waals surface area contributed by atoms with Crippen molar-refractivity contribution in [3.8, 4) is 23.0 Å². The van der Waals surface area contributed by atoms with Crippen molar-refractivity contribution in [3.05, 3.63) is 72.8 Å². The second-order valence-electron chi connectivity index (χ2n) is 7.34. The van der Waals surface area contributed by atoms with Gasteiger partial charge in [0.05, 0.1) is 11.6 Å². The maximum absolute atomic E-state index is 12.9. The fourth-order valence-corrected chi connectivity index (χ4v) is 3.70. The number of rotatable bonds is 5. The predicted octanol–water partition coefficient (Wildman–Crippen LogP) is 4.20. The van der Waals surface area contributed by atoms with Gasteiger partial charge in [0.1, 0.15) is 5.75 Å². The van der Waals surface area contributed by atoms with Crippen LogP contribution in [0.5, 0.6) is 23.0 Å². The summed E-state index contributed by atoms with van der Waals surface area (Å²) < 4.78 is 16.6. The van der Waals surface area contributed by atoms with Crippen molar-refractivity contribution in [3.63, 3.8) is 0 Å². The third kappa shape index (κ3) is 3.90. The summed E-state index contributed by atoms with van der Waals surface area (Å²) in [6, 6.07) is 21.9. The minimum Gasteiger partial charge on any atom is -0.455 e. The van der Waals surface area contributed by atoms with Crippen LogP contribution in [-0.4, -0.2) is 25.2 Å². The van der Waals surface area contributed by atoms with Crippen LogP contribution in [0.2, 0.25) is 0 Å². The summed E-state index contributed by atoms with van der Waals surface area (Å²) in [5.41, 5.74) is 1.25. The van der Waals surface area contributed by atoms with Crippen LogP contribution >= 0.6 is 0 Å². The minimum atomic E-state index is -0.470. The van der Waals surface area contributed by atoms with Crippen molar-refractivity contribution in [2.45, 2.75) is 6.42 Å². The number of fused-ring (bicyclic) bond motifs is 1. The predicted molar refractivity (Wildman–Crippen MR) is 115 cm³/mol. The van der Waals surface area contributed by atoms with Crippen LogP contribution in [0.25, 0.3) is 0 Å². The highest BCUT2D eigenvalue weighted by Gasteiger charge is 2.36. The molecule has 7 heteroatoms. The summed E-state index contributed by atoms with van der Waals surface area (Å²) in [6.07, 6.45) is 0.141. The molecule has 31 heavy (non-hydrogen) atoms. The van der Waals surface area contributed by atoms with E-state index in [4.69, 9.17) is 14.2 Å². The molecule has 0 radical (unpaired) electrons. The van der Waals surface area contributed by atoms with Crippen LogP contribution in [0.3, 0.4) is 0 Å². The quantitative estimate of drug-likeness (QED) is 0.675. The van der Waals surface area contributed by atoms with E-state index in [9.17, 15) is 9.59 Å². The Hall–Kier alpha value is -4.00. The lowest BCUT2D eigenvalue weighted by molar-refractivity contribution is -0.122. The average Bonchev–Trinajstić information content (AvgIpc) is 3.41. The third-order valence-electron chi connectivity index (χ3n) is 5.28. The van der Waals surface area contributed by atoms with Gasteiger partial charge < -0.3 is 24.4 Å². The summed E-state index contributed by atoms with van der Waals surface area (Å²) in [5.74, 6) is 1.68. The number of nitrogens with one attached hydrogen (secondary N) is 1. The van der Waals surface area contributed by atoms with Gasteiger partial charge >= 0.3 is 0 Å². The number of para-hydroxylation sites is 3. The molecule has 0 spiro atoms. The number of ether oxygens (including phenoxy) is 3. The van der Waals surface area contributed by atoms with Gasteiger partial charge in [-0.15, -0.1) is 0 Å². The van der Waals surface area contributed by atoms with Crippen LogP contribution < -0.4 is 24.4 Å². The molecule has 2 amide bonds. The minimum absolute atomic E-state index is 0.104. The van der Waals surface area contributed by atoms with Gasteiger partial charge in [0, 0.05) is 24.7 Å². The first-order chi connectivity index (χ1) is 15.2. The second kappa shape index (κ2) is 8.02. The number of hydrogen-bond donors (Lipinski definition) is 1. The molecule has 0 saturated carbocycles. The van der Waals surface area contributed by atoms with E-state index in [1.165, 1.54) is 0 Å². The molecular formula is C24H20N2O5. The number of nitrogens with zero attached hydrogens (tertiary/aromatic N) is 1. The third-order valence-corrected chi connectivity index (χ3v) is 5.28. The van der Waals surface area contributed by atoms with Gasteiger partial charge in [-0.05, 0) is 36.4 Å². The monoisotopic (exact) mass is 416 g/mol. The maximum atomic E-state index is 12.9. The zero-order chi connectivity index (χ0) is 21.2. The van der Waals surface area contributed by atoms with E-state index in [0.29, 0.717) is 40.9 Å². The highest BCUT2D eigenvalue weighted by Crippen LogP contribution is 2.37. The normalized spacial score (nSPS) is 17.0. The molecule has 2 heterocycles. The molecule has 7 nitrogen and oxygen atoms in total. The van der Waals surface area contributed by atoms with E-state index in [-0.39, 0.29) is 25.0 Å². The number of anilines is 2. The Labute approximate surface area is 179 Å². The van der Waals surface area contributed by atoms with Crippen molar-refractivity contribution in [2.75, 3.05) is 23.6 Å². The fourth-order valence-electron chi connectivity index (χ4n) is 3.70. The van der Waals surface area contributed by atoms with Crippen molar-refractivity contribution in [1.82, 2.24) is 0 Å². The van der Waals surface area contributed by atoms with Gasteiger partial charge in [0.2, 0.25) is 18.6 Å². The van der Waals surface area contributed by atoms with Crippen LogP contribution in [0.15, 0.2) is 72.8 Å². The van der Waals surface area contributed by atoms with Gasteiger partial charge in [-0.1, -0.05) is 30.3 Å². The van der Waals surface area contributed by atoms with E-state index < -0.39 is 5.92 Å². The molecule has 0 aromatic heterocycles. The van der Waals surface area contributed by atoms with E-state index in [1.54, 1.807) is 35.2 Å². The van der Waals surface area contributed by atoms with Crippen LogP contribution in [0, 0.1) is 5.92 Å². The SMILES string of the molecule is O=C(Nc1ccccc1Oc1ccccc1)C1CC(=O)N(c2ccc3c(c2)OCO3)C1. The lowest BCUT2D eigenvalue weighted by atomic mass is 10.1. The topological polar surface area (TPSA) is 77.1 Å². The van der Waals surface area contributed by atoms with Crippen LogP contribution in [-0.2, 0) is 9.59 Å². The molecule has 0 bridgehead atoms. The molecule has 0 aliphatic carbocycles.